The molecule has 2 saturated heterocycles. The van der Waals surface area contributed by atoms with Gasteiger partial charge in [0.1, 0.15) is 5.82 Å². The smallest absolute Gasteiger partial charge is 0.252 e. The second kappa shape index (κ2) is 7.33. The van der Waals surface area contributed by atoms with Crippen LogP contribution in [0.25, 0.3) is 0 Å². The van der Waals surface area contributed by atoms with Crippen LogP contribution in [0.2, 0.25) is 0 Å². The van der Waals surface area contributed by atoms with Crippen LogP contribution in [0.15, 0.2) is 53.5 Å². The van der Waals surface area contributed by atoms with Gasteiger partial charge in [-0.2, -0.15) is 4.99 Å². The topological polar surface area (TPSA) is 66.8 Å². The van der Waals surface area contributed by atoms with Crippen molar-refractivity contribution in [3.8, 4) is 0 Å². The van der Waals surface area contributed by atoms with Gasteiger partial charge in [-0.05, 0) is 36.8 Å². The van der Waals surface area contributed by atoms with Crippen molar-refractivity contribution in [3.05, 3.63) is 65.5 Å². The predicted octanol–water partition coefficient (Wildman–Crippen LogP) is 2.98. The van der Waals surface area contributed by atoms with Crippen LogP contribution >= 0.6 is 11.8 Å². The van der Waals surface area contributed by atoms with Gasteiger partial charge in [0.25, 0.3) is 5.91 Å². The minimum absolute atomic E-state index is 0.0592. The summed E-state index contributed by atoms with van der Waals surface area (Å²) >= 11 is 1.35. The standard InChI is InChI=1S/C20H19FN2O3S2/c1-13-2-8-16(9-3-13)23-17-11-28(25,26)12-18(17)27-20(23)22-19(24)10-14-4-6-15(21)7-5-14/h2-9,17-18H,10-12H2,1H3/t17-,18+/m1/s1. The van der Waals surface area contributed by atoms with Crippen molar-refractivity contribution < 1.29 is 17.6 Å². The third-order valence-electron chi connectivity index (χ3n) is 4.87. The van der Waals surface area contributed by atoms with Gasteiger partial charge in [0, 0.05) is 10.9 Å². The van der Waals surface area contributed by atoms with Crippen LogP contribution in [0, 0.1) is 12.7 Å². The number of fused-ring (bicyclic) bond motifs is 1. The van der Waals surface area contributed by atoms with E-state index in [1.165, 1.54) is 23.9 Å². The van der Waals surface area contributed by atoms with Crippen LogP contribution in [0.3, 0.4) is 0 Å². The number of hydrogen-bond acceptors (Lipinski definition) is 4. The summed E-state index contributed by atoms with van der Waals surface area (Å²) in [6.45, 7) is 1.98. The molecule has 8 heteroatoms. The first kappa shape index (κ1) is 19.1. The number of carbonyl (C=O) groups is 1. The third-order valence-corrected chi connectivity index (χ3v) is 8.08. The maximum atomic E-state index is 13.0. The summed E-state index contributed by atoms with van der Waals surface area (Å²) in [4.78, 5) is 18.7. The Morgan fingerprint density at radius 3 is 2.50 bits per heavy atom. The molecule has 2 atom stereocenters. The number of amides is 1. The van der Waals surface area contributed by atoms with E-state index in [4.69, 9.17) is 0 Å². The van der Waals surface area contributed by atoms with E-state index in [2.05, 4.69) is 4.99 Å². The number of nitrogens with zero attached hydrogens (tertiary/aromatic N) is 2. The molecule has 0 unspecified atom stereocenters. The molecule has 2 aliphatic heterocycles. The van der Waals surface area contributed by atoms with Crippen LogP contribution in [-0.2, 0) is 21.1 Å². The van der Waals surface area contributed by atoms with E-state index in [0.29, 0.717) is 10.7 Å². The zero-order chi connectivity index (χ0) is 19.9. The highest BCUT2D eigenvalue weighted by molar-refractivity contribution is 8.16. The molecule has 2 aromatic rings. The highest BCUT2D eigenvalue weighted by atomic mass is 32.2. The minimum atomic E-state index is -3.10. The van der Waals surface area contributed by atoms with Crippen molar-refractivity contribution in [1.29, 1.82) is 0 Å². The molecule has 2 aromatic carbocycles. The first-order chi connectivity index (χ1) is 13.3. The molecule has 1 amide bonds. The second-order valence-corrected chi connectivity index (χ2v) is 10.5. The lowest BCUT2D eigenvalue weighted by molar-refractivity contribution is -0.117. The van der Waals surface area contributed by atoms with Gasteiger partial charge in [-0.1, -0.05) is 41.6 Å². The van der Waals surface area contributed by atoms with Crippen molar-refractivity contribution in [2.45, 2.75) is 24.6 Å². The number of halogens is 1. The molecule has 0 spiro atoms. The van der Waals surface area contributed by atoms with E-state index in [-0.39, 0.29) is 40.9 Å². The van der Waals surface area contributed by atoms with Crippen LogP contribution in [-0.4, -0.2) is 42.3 Å². The van der Waals surface area contributed by atoms with Crippen molar-refractivity contribution in [2.24, 2.45) is 4.99 Å². The van der Waals surface area contributed by atoms with E-state index in [0.717, 1.165) is 11.3 Å². The number of thioether (sulfide) groups is 1. The average Bonchev–Trinajstić information content (AvgIpc) is 3.09. The highest BCUT2D eigenvalue weighted by Crippen LogP contribution is 2.41. The molecule has 2 heterocycles. The monoisotopic (exact) mass is 418 g/mol. The lowest BCUT2D eigenvalue weighted by Gasteiger charge is -2.24. The van der Waals surface area contributed by atoms with Crippen molar-refractivity contribution in [2.75, 3.05) is 16.4 Å². The number of anilines is 1. The Hall–Kier alpha value is -2.19. The SMILES string of the molecule is Cc1ccc(N2C(=NC(=O)Cc3ccc(F)cc3)S[C@H]3CS(=O)(=O)C[C@H]32)cc1. The van der Waals surface area contributed by atoms with E-state index >= 15 is 0 Å². The Bertz CT molecular complexity index is 1030. The van der Waals surface area contributed by atoms with E-state index in [1.54, 1.807) is 12.1 Å². The fourth-order valence-electron chi connectivity index (χ4n) is 3.49. The molecule has 146 valence electrons. The summed E-state index contributed by atoms with van der Waals surface area (Å²) in [5.74, 6) is -0.540. The normalized spacial score (nSPS) is 24.5. The van der Waals surface area contributed by atoms with Gasteiger partial charge in [-0.15, -0.1) is 0 Å². The molecule has 0 bridgehead atoms. The molecular weight excluding hydrogens is 399 g/mol. The summed E-state index contributed by atoms with van der Waals surface area (Å²) in [6.07, 6.45) is 0.0692. The fraction of sp³-hybridized carbons (Fsp3) is 0.300. The number of amidine groups is 1. The highest BCUT2D eigenvalue weighted by Gasteiger charge is 2.49. The largest absolute Gasteiger partial charge is 0.316 e. The molecule has 0 N–H and O–H groups in total. The van der Waals surface area contributed by atoms with Crippen molar-refractivity contribution in [1.82, 2.24) is 0 Å². The molecule has 0 radical (unpaired) electrons. The molecule has 2 aliphatic rings. The maximum Gasteiger partial charge on any atom is 0.252 e. The summed E-state index contributed by atoms with van der Waals surface area (Å²) in [5.41, 5.74) is 2.61. The molecule has 2 fully saturated rings. The average molecular weight is 419 g/mol. The van der Waals surface area contributed by atoms with E-state index in [9.17, 15) is 17.6 Å². The van der Waals surface area contributed by atoms with Crippen LogP contribution in [0.1, 0.15) is 11.1 Å². The van der Waals surface area contributed by atoms with Crippen molar-refractivity contribution >= 4 is 38.4 Å². The number of carbonyl (C=O) groups excluding carboxylic acids is 1. The van der Waals surface area contributed by atoms with E-state index < -0.39 is 9.84 Å². The van der Waals surface area contributed by atoms with Gasteiger partial charge >= 0.3 is 0 Å². The van der Waals surface area contributed by atoms with Crippen LogP contribution in [0.4, 0.5) is 10.1 Å². The van der Waals surface area contributed by atoms with Gasteiger partial charge in [-0.3, -0.25) is 4.79 Å². The molecule has 5 nitrogen and oxygen atoms in total. The van der Waals surface area contributed by atoms with Gasteiger partial charge in [0.05, 0.1) is 24.0 Å². The number of benzene rings is 2. The summed E-state index contributed by atoms with van der Waals surface area (Å²) in [6, 6.07) is 13.3. The van der Waals surface area contributed by atoms with Crippen LogP contribution in [0.5, 0.6) is 0 Å². The number of aryl methyl sites for hydroxylation is 1. The Morgan fingerprint density at radius 1 is 1.14 bits per heavy atom. The lowest BCUT2D eigenvalue weighted by atomic mass is 10.1. The fourth-order valence-corrected chi connectivity index (χ4v) is 7.43. The molecule has 28 heavy (non-hydrogen) atoms. The van der Waals surface area contributed by atoms with Gasteiger partial charge < -0.3 is 4.90 Å². The molecule has 0 saturated carbocycles. The molecule has 0 aromatic heterocycles. The summed E-state index contributed by atoms with van der Waals surface area (Å²) in [5, 5.41) is 0.393. The molecule has 0 aliphatic carbocycles. The number of rotatable bonds is 3. The first-order valence-corrected chi connectivity index (χ1v) is 11.6. The Labute approximate surface area is 167 Å². The zero-order valence-electron chi connectivity index (χ0n) is 15.2. The summed E-state index contributed by atoms with van der Waals surface area (Å²) < 4.78 is 37.2. The maximum absolute atomic E-state index is 13.0. The number of sulfone groups is 1. The number of hydrogen-bond donors (Lipinski definition) is 0. The predicted molar refractivity (Wildman–Crippen MR) is 110 cm³/mol. The first-order valence-electron chi connectivity index (χ1n) is 8.90. The minimum Gasteiger partial charge on any atom is -0.316 e. The Kier molecular flexibility index (Phi) is 5.01. The quantitative estimate of drug-likeness (QED) is 0.767. The summed E-state index contributed by atoms with van der Waals surface area (Å²) in [7, 11) is -3.10. The molecular formula is C20H19FN2O3S2. The van der Waals surface area contributed by atoms with E-state index in [1.807, 2.05) is 36.1 Å². The third kappa shape index (κ3) is 3.98. The molecule has 4 rings (SSSR count). The van der Waals surface area contributed by atoms with Crippen molar-refractivity contribution in [3.63, 3.8) is 0 Å². The van der Waals surface area contributed by atoms with Gasteiger partial charge in [-0.25, -0.2) is 12.8 Å². The van der Waals surface area contributed by atoms with Gasteiger partial charge in [0.2, 0.25) is 0 Å². The second-order valence-electron chi connectivity index (χ2n) is 7.10. The Balaban J connectivity index is 1.62. The number of aliphatic imine (C=N–C) groups is 1. The van der Waals surface area contributed by atoms with Crippen LogP contribution < -0.4 is 4.90 Å². The van der Waals surface area contributed by atoms with Gasteiger partial charge in [0.15, 0.2) is 15.0 Å². The zero-order valence-corrected chi connectivity index (χ0v) is 16.8. The Morgan fingerprint density at radius 2 is 1.82 bits per heavy atom. The lowest BCUT2D eigenvalue weighted by Crippen LogP contribution is -2.37.